The van der Waals surface area contributed by atoms with Crippen LogP contribution in [0, 0.1) is 5.41 Å². The van der Waals surface area contributed by atoms with E-state index in [-0.39, 0.29) is 0 Å². The van der Waals surface area contributed by atoms with Gasteiger partial charge in [-0.2, -0.15) is 0 Å². The third-order valence-corrected chi connectivity index (χ3v) is 2.47. The molecule has 0 radical (unpaired) electrons. The van der Waals surface area contributed by atoms with Crippen LogP contribution in [0.15, 0.2) is 24.3 Å². The summed E-state index contributed by atoms with van der Waals surface area (Å²) in [6.07, 6.45) is 1.88. The molecule has 3 nitrogen and oxygen atoms in total. The van der Waals surface area contributed by atoms with Crippen LogP contribution in [0.25, 0.3) is 0 Å². The van der Waals surface area contributed by atoms with E-state index in [1.54, 1.807) is 0 Å². The van der Waals surface area contributed by atoms with E-state index in [1.165, 1.54) is 17.3 Å². The number of amidine groups is 1. The third kappa shape index (κ3) is 3.40. The van der Waals surface area contributed by atoms with Crippen LogP contribution in [0.5, 0.6) is 0 Å². The quantitative estimate of drug-likeness (QED) is 0.522. The molecule has 76 valence electrons. The first kappa shape index (κ1) is 11.1. The second-order valence-corrected chi connectivity index (χ2v) is 3.72. The molecule has 0 bridgehead atoms. The van der Waals surface area contributed by atoms with Crippen LogP contribution in [0.1, 0.15) is 11.1 Å². The van der Waals surface area contributed by atoms with Crippen molar-refractivity contribution in [3.8, 4) is 0 Å². The van der Waals surface area contributed by atoms with Crippen molar-refractivity contribution in [2.45, 2.75) is 13.1 Å². The lowest BCUT2D eigenvalue weighted by Crippen LogP contribution is -2.18. The van der Waals surface area contributed by atoms with Crippen LogP contribution in [0.2, 0.25) is 0 Å². The van der Waals surface area contributed by atoms with Crippen LogP contribution in [0.4, 0.5) is 0 Å². The summed E-state index contributed by atoms with van der Waals surface area (Å²) in [7, 11) is 0. The van der Waals surface area contributed by atoms with E-state index < -0.39 is 0 Å². The molecule has 1 aromatic rings. The minimum atomic E-state index is 0.493. The van der Waals surface area contributed by atoms with Gasteiger partial charge in [-0.1, -0.05) is 36.0 Å². The van der Waals surface area contributed by atoms with E-state index in [0.29, 0.717) is 18.3 Å². The summed E-state index contributed by atoms with van der Waals surface area (Å²) in [6.45, 7) is 1.28. The predicted molar refractivity (Wildman–Crippen MR) is 62.4 cm³/mol. The first-order valence-corrected chi connectivity index (χ1v) is 5.63. The van der Waals surface area contributed by atoms with Crippen molar-refractivity contribution in [1.29, 1.82) is 5.41 Å². The number of nitrogens with one attached hydrogen (secondary N) is 2. The van der Waals surface area contributed by atoms with Gasteiger partial charge in [-0.3, -0.25) is 5.41 Å². The molecule has 0 aliphatic heterocycles. The molecular formula is C10H15N3S. The van der Waals surface area contributed by atoms with Gasteiger partial charge in [-0.25, -0.2) is 0 Å². The molecule has 4 N–H and O–H groups in total. The molecule has 0 spiro atoms. The summed E-state index contributed by atoms with van der Waals surface area (Å²) in [5.74, 6) is 0. The molecule has 4 heteroatoms. The van der Waals surface area contributed by atoms with Crippen molar-refractivity contribution in [3.05, 3.63) is 35.4 Å². The Bertz CT molecular complexity index is 295. The highest BCUT2D eigenvalue weighted by atomic mass is 32.2. The summed E-state index contributed by atoms with van der Waals surface area (Å²) >= 11 is 1.40. The molecule has 0 heterocycles. The minimum absolute atomic E-state index is 0.493. The molecule has 0 aliphatic rings. The Morgan fingerprint density at radius 1 is 1.36 bits per heavy atom. The normalized spacial score (nSPS) is 9.86. The number of thioether (sulfide) groups is 1. The number of hydrogen-bond donors (Lipinski definition) is 3. The lowest BCUT2D eigenvalue weighted by atomic mass is 10.1. The number of rotatable bonds is 3. The highest BCUT2D eigenvalue weighted by molar-refractivity contribution is 8.13. The zero-order valence-corrected chi connectivity index (χ0v) is 9.03. The predicted octanol–water partition coefficient (Wildman–Crippen LogP) is 1.53. The Labute approximate surface area is 88.6 Å². The number of hydrogen-bond acceptors (Lipinski definition) is 3. The molecule has 0 amide bonds. The summed E-state index contributed by atoms with van der Waals surface area (Å²) in [5.41, 5.74) is 7.79. The van der Waals surface area contributed by atoms with Crippen LogP contribution in [-0.2, 0) is 13.1 Å². The molecule has 0 saturated carbocycles. The smallest absolute Gasteiger partial charge is 0.153 e. The Kier molecular flexibility index (Phi) is 4.49. The Hall–Kier alpha value is -1.00. The van der Waals surface area contributed by atoms with E-state index in [9.17, 15) is 0 Å². The molecule has 0 saturated heterocycles. The average Bonchev–Trinajstić information content (AvgIpc) is 2.26. The molecule has 0 atom stereocenters. The number of benzene rings is 1. The molecule has 0 aromatic heterocycles. The zero-order chi connectivity index (χ0) is 10.4. The first-order valence-electron chi connectivity index (χ1n) is 4.40. The van der Waals surface area contributed by atoms with Gasteiger partial charge < -0.3 is 11.1 Å². The molecule has 14 heavy (non-hydrogen) atoms. The fraction of sp³-hybridized carbons (Fsp3) is 0.300. The van der Waals surface area contributed by atoms with Gasteiger partial charge in [0.25, 0.3) is 0 Å². The van der Waals surface area contributed by atoms with Gasteiger partial charge >= 0.3 is 0 Å². The fourth-order valence-electron chi connectivity index (χ4n) is 1.05. The second-order valence-electron chi connectivity index (χ2n) is 2.91. The second kappa shape index (κ2) is 5.67. The highest BCUT2D eigenvalue weighted by Gasteiger charge is 1.95. The van der Waals surface area contributed by atoms with Gasteiger partial charge in [0.15, 0.2) is 5.17 Å². The maximum absolute atomic E-state index is 7.40. The van der Waals surface area contributed by atoms with Gasteiger partial charge in [-0.15, -0.1) is 0 Å². The SMILES string of the molecule is CSC(=N)NCc1ccc(CN)cc1. The topological polar surface area (TPSA) is 61.9 Å². The summed E-state index contributed by atoms with van der Waals surface area (Å²) in [5, 5.41) is 10.9. The standard InChI is InChI=1S/C10H15N3S/c1-14-10(12)13-7-9-4-2-8(6-11)3-5-9/h2-5H,6-7,11H2,1H3,(H2,12,13). The van der Waals surface area contributed by atoms with Crippen molar-refractivity contribution in [2.75, 3.05) is 6.26 Å². The van der Waals surface area contributed by atoms with Crippen LogP contribution >= 0.6 is 11.8 Å². The van der Waals surface area contributed by atoms with Crippen molar-refractivity contribution < 1.29 is 0 Å². The lowest BCUT2D eigenvalue weighted by Gasteiger charge is -2.05. The van der Waals surface area contributed by atoms with Gasteiger partial charge in [-0.05, 0) is 17.4 Å². The van der Waals surface area contributed by atoms with Crippen molar-refractivity contribution in [2.24, 2.45) is 5.73 Å². The van der Waals surface area contributed by atoms with Crippen LogP contribution < -0.4 is 11.1 Å². The number of nitrogens with two attached hydrogens (primary N) is 1. The van der Waals surface area contributed by atoms with Crippen LogP contribution in [0.3, 0.4) is 0 Å². The fourth-order valence-corrected chi connectivity index (χ4v) is 1.26. The monoisotopic (exact) mass is 209 g/mol. The highest BCUT2D eigenvalue weighted by Crippen LogP contribution is 2.04. The largest absolute Gasteiger partial charge is 0.361 e. The van der Waals surface area contributed by atoms with Crippen molar-refractivity contribution in [3.63, 3.8) is 0 Å². The van der Waals surface area contributed by atoms with Crippen LogP contribution in [-0.4, -0.2) is 11.4 Å². The summed E-state index contributed by atoms with van der Waals surface area (Å²) < 4.78 is 0. The van der Waals surface area contributed by atoms with Crippen molar-refractivity contribution >= 4 is 16.9 Å². The van der Waals surface area contributed by atoms with E-state index in [1.807, 2.05) is 30.5 Å². The maximum Gasteiger partial charge on any atom is 0.153 e. The lowest BCUT2D eigenvalue weighted by molar-refractivity contribution is 0.919. The summed E-state index contributed by atoms with van der Waals surface area (Å²) in [6, 6.07) is 8.09. The Balaban J connectivity index is 2.47. The molecule has 0 aliphatic carbocycles. The van der Waals surface area contributed by atoms with E-state index in [0.717, 1.165) is 5.56 Å². The Morgan fingerprint density at radius 3 is 2.43 bits per heavy atom. The first-order chi connectivity index (χ1) is 6.76. The maximum atomic E-state index is 7.40. The molecule has 0 unspecified atom stereocenters. The van der Waals surface area contributed by atoms with Gasteiger partial charge in [0, 0.05) is 13.1 Å². The van der Waals surface area contributed by atoms with Crippen molar-refractivity contribution in [1.82, 2.24) is 5.32 Å². The van der Waals surface area contributed by atoms with E-state index >= 15 is 0 Å². The molecule has 1 rings (SSSR count). The third-order valence-electron chi connectivity index (χ3n) is 1.92. The van der Waals surface area contributed by atoms with Gasteiger partial charge in [0.2, 0.25) is 0 Å². The zero-order valence-electron chi connectivity index (χ0n) is 8.21. The van der Waals surface area contributed by atoms with E-state index in [4.69, 9.17) is 11.1 Å². The van der Waals surface area contributed by atoms with Gasteiger partial charge in [0.1, 0.15) is 0 Å². The average molecular weight is 209 g/mol. The molecule has 0 fully saturated rings. The minimum Gasteiger partial charge on any atom is -0.361 e. The Morgan fingerprint density at radius 2 is 1.93 bits per heavy atom. The molecular weight excluding hydrogens is 194 g/mol. The van der Waals surface area contributed by atoms with Gasteiger partial charge in [0.05, 0.1) is 0 Å². The molecule has 1 aromatic carbocycles. The van der Waals surface area contributed by atoms with E-state index in [2.05, 4.69) is 5.32 Å². The summed E-state index contributed by atoms with van der Waals surface area (Å²) in [4.78, 5) is 0.